The van der Waals surface area contributed by atoms with Crippen LogP contribution in [-0.2, 0) is 4.74 Å². The largest absolute Gasteiger partial charge is 0.462 e. The summed E-state index contributed by atoms with van der Waals surface area (Å²) in [4.78, 5) is 32.1. The summed E-state index contributed by atoms with van der Waals surface area (Å²) in [5, 5.41) is 8.87. The molecule has 0 N–H and O–H groups in total. The molecule has 1 aliphatic heterocycles. The van der Waals surface area contributed by atoms with Crippen molar-refractivity contribution in [2.24, 2.45) is 0 Å². The molecule has 2 aliphatic rings. The first-order chi connectivity index (χ1) is 18.9. The third-order valence-corrected chi connectivity index (χ3v) is 7.57. The highest BCUT2D eigenvalue weighted by Crippen LogP contribution is 2.40. The van der Waals surface area contributed by atoms with Crippen LogP contribution in [0.5, 0.6) is 0 Å². The van der Waals surface area contributed by atoms with Gasteiger partial charge in [-0.2, -0.15) is 10.2 Å². The van der Waals surface area contributed by atoms with E-state index in [4.69, 9.17) is 14.8 Å². The van der Waals surface area contributed by atoms with Crippen molar-refractivity contribution in [1.29, 1.82) is 0 Å². The fourth-order valence-electron chi connectivity index (χ4n) is 5.27. The van der Waals surface area contributed by atoms with Gasteiger partial charge in [0.25, 0.3) is 5.91 Å². The van der Waals surface area contributed by atoms with Crippen molar-refractivity contribution in [2.45, 2.75) is 64.3 Å². The number of nitrogens with zero attached hydrogens (tertiary/aromatic N) is 6. The van der Waals surface area contributed by atoms with E-state index in [9.17, 15) is 9.59 Å². The Kier molecular flexibility index (Phi) is 6.62. The SMILES string of the molecule is CCOC(=O)c1cnn(-c2ccc(-c3cc4nc(C(=O)N5CCCCCC5C)cc(C5CC5)n4n3)c(F)c2)c1. The Labute approximate surface area is 225 Å². The molecule has 202 valence electrons. The number of rotatable bonds is 6. The lowest BCUT2D eigenvalue weighted by molar-refractivity contribution is 0.0526. The van der Waals surface area contributed by atoms with Gasteiger partial charge < -0.3 is 9.64 Å². The second-order valence-electron chi connectivity index (χ2n) is 10.4. The van der Waals surface area contributed by atoms with Gasteiger partial charge in [-0.15, -0.1) is 0 Å². The molecule has 10 heteroatoms. The highest BCUT2D eigenvalue weighted by Gasteiger charge is 2.31. The minimum atomic E-state index is -0.480. The molecule has 1 atom stereocenters. The predicted octanol–water partition coefficient (Wildman–Crippen LogP) is 5.18. The average molecular weight is 531 g/mol. The molecule has 0 spiro atoms. The number of carbonyl (C=O) groups excluding carboxylic acids is 2. The van der Waals surface area contributed by atoms with Crippen molar-refractivity contribution < 1.29 is 18.7 Å². The number of carbonyl (C=O) groups is 2. The summed E-state index contributed by atoms with van der Waals surface area (Å²) in [5.74, 6) is -0.690. The maximum Gasteiger partial charge on any atom is 0.341 e. The summed E-state index contributed by atoms with van der Waals surface area (Å²) < 4.78 is 23.6. The van der Waals surface area contributed by atoms with Crippen LogP contribution in [0.4, 0.5) is 4.39 Å². The minimum absolute atomic E-state index is 0.0477. The summed E-state index contributed by atoms with van der Waals surface area (Å²) in [6, 6.07) is 8.50. The first-order valence-electron chi connectivity index (χ1n) is 13.7. The van der Waals surface area contributed by atoms with E-state index in [1.54, 1.807) is 29.6 Å². The maximum atomic E-state index is 15.4. The number of likely N-dealkylation sites (tertiary alicyclic amines) is 1. The minimum Gasteiger partial charge on any atom is -0.462 e. The lowest BCUT2D eigenvalue weighted by Crippen LogP contribution is -2.38. The first-order valence-corrected chi connectivity index (χ1v) is 13.7. The van der Waals surface area contributed by atoms with Crippen LogP contribution in [0.1, 0.15) is 84.8 Å². The van der Waals surface area contributed by atoms with E-state index in [0.717, 1.165) is 50.8 Å². The Hall–Kier alpha value is -4.08. The van der Waals surface area contributed by atoms with Crippen LogP contribution >= 0.6 is 0 Å². The van der Waals surface area contributed by atoms with Gasteiger partial charge in [-0.1, -0.05) is 12.8 Å². The molecular formula is C29H31FN6O3. The van der Waals surface area contributed by atoms with Crippen molar-refractivity contribution >= 4 is 17.5 Å². The summed E-state index contributed by atoms with van der Waals surface area (Å²) in [6.07, 6.45) is 9.23. The molecule has 1 saturated heterocycles. The third-order valence-electron chi connectivity index (χ3n) is 7.57. The van der Waals surface area contributed by atoms with Gasteiger partial charge in [0.05, 0.1) is 29.7 Å². The summed E-state index contributed by atoms with van der Waals surface area (Å²) in [6.45, 7) is 4.84. The van der Waals surface area contributed by atoms with Gasteiger partial charge in [0.15, 0.2) is 5.65 Å². The molecule has 3 aromatic heterocycles. The van der Waals surface area contributed by atoms with Crippen LogP contribution in [0.15, 0.2) is 42.7 Å². The van der Waals surface area contributed by atoms with E-state index in [-0.39, 0.29) is 18.6 Å². The molecule has 4 aromatic rings. The quantitative estimate of drug-likeness (QED) is 0.319. The zero-order chi connectivity index (χ0) is 27.1. The van der Waals surface area contributed by atoms with Crippen LogP contribution in [0.2, 0.25) is 0 Å². The Morgan fingerprint density at radius 2 is 1.95 bits per heavy atom. The summed E-state index contributed by atoms with van der Waals surface area (Å²) in [5.41, 5.74) is 3.42. The van der Waals surface area contributed by atoms with Crippen molar-refractivity contribution in [3.63, 3.8) is 0 Å². The molecule has 9 nitrogen and oxygen atoms in total. The summed E-state index contributed by atoms with van der Waals surface area (Å²) in [7, 11) is 0. The molecular weight excluding hydrogens is 499 g/mol. The van der Waals surface area contributed by atoms with Crippen molar-refractivity contribution in [3.8, 4) is 16.9 Å². The Balaban J connectivity index is 1.33. The van der Waals surface area contributed by atoms with Crippen LogP contribution in [0.3, 0.4) is 0 Å². The smallest absolute Gasteiger partial charge is 0.341 e. The van der Waals surface area contributed by atoms with Gasteiger partial charge in [-0.3, -0.25) is 4.79 Å². The van der Waals surface area contributed by atoms with Gasteiger partial charge in [0, 0.05) is 48.1 Å². The number of fused-ring (bicyclic) bond motifs is 1. The monoisotopic (exact) mass is 530 g/mol. The number of hydrogen-bond acceptors (Lipinski definition) is 6. The summed E-state index contributed by atoms with van der Waals surface area (Å²) >= 11 is 0. The highest BCUT2D eigenvalue weighted by molar-refractivity contribution is 5.93. The number of ether oxygens (including phenoxy) is 1. The van der Waals surface area contributed by atoms with Crippen LogP contribution in [-0.4, -0.2) is 60.3 Å². The molecule has 1 aromatic carbocycles. The van der Waals surface area contributed by atoms with Crippen LogP contribution in [0, 0.1) is 5.82 Å². The van der Waals surface area contributed by atoms with Gasteiger partial charge >= 0.3 is 5.97 Å². The van der Waals surface area contributed by atoms with Gasteiger partial charge in [-0.25, -0.2) is 23.4 Å². The number of halogens is 1. The van der Waals surface area contributed by atoms with Crippen molar-refractivity contribution in [2.75, 3.05) is 13.2 Å². The zero-order valence-corrected chi connectivity index (χ0v) is 22.1. The fraction of sp³-hybridized carbons (Fsp3) is 0.414. The molecule has 1 aliphatic carbocycles. The zero-order valence-electron chi connectivity index (χ0n) is 22.1. The number of amides is 1. The first kappa shape index (κ1) is 25.2. The van der Waals surface area contributed by atoms with E-state index < -0.39 is 11.8 Å². The van der Waals surface area contributed by atoms with Gasteiger partial charge in [0.2, 0.25) is 0 Å². The van der Waals surface area contributed by atoms with E-state index >= 15 is 4.39 Å². The van der Waals surface area contributed by atoms with E-state index in [1.807, 2.05) is 11.0 Å². The van der Waals surface area contributed by atoms with E-state index in [2.05, 4.69) is 12.0 Å². The van der Waals surface area contributed by atoms with Crippen molar-refractivity contribution in [3.05, 3.63) is 65.5 Å². The van der Waals surface area contributed by atoms with Gasteiger partial charge in [-0.05, 0) is 57.7 Å². The molecule has 1 saturated carbocycles. The second-order valence-corrected chi connectivity index (χ2v) is 10.4. The van der Waals surface area contributed by atoms with Gasteiger partial charge in [0.1, 0.15) is 11.5 Å². The standard InChI is InChI=1S/C29H31FN6O3/c1-3-39-29(38)20-16-31-35(17-20)21-10-11-22(23(30)13-21)24-15-27-32-25(14-26(19-8-9-19)36(27)33-24)28(37)34-12-6-4-5-7-18(34)2/h10-11,13-19H,3-9,12H2,1-2H3. The van der Waals surface area contributed by atoms with E-state index in [0.29, 0.717) is 39.8 Å². The number of hydrogen-bond donors (Lipinski definition) is 0. The molecule has 39 heavy (non-hydrogen) atoms. The molecule has 1 amide bonds. The maximum absolute atomic E-state index is 15.4. The van der Waals surface area contributed by atoms with E-state index in [1.165, 1.54) is 23.1 Å². The third kappa shape index (κ3) is 4.91. The Morgan fingerprint density at radius 1 is 1.10 bits per heavy atom. The second kappa shape index (κ2) is 10.2. The lowest BCUT2D eigenvalue weighted by Gasteiger charge is -2.27. The number of aromatic nitrogens is 5. The predicted molar refractivity (Wildman–Crippen MR) is 142 cm³/mol. The molecule has 1 unspecified atom stereocenters. The lowest BCUT2D eigenvalue weighted by atomic mass is 10.1. The normalized spacial score (nSPS) is 17.8. The molecule has 4 heterocycles. The Morgan fingerprint density at radius 3 is 2.72 bits per heavy atom. The topological polar surface area (TPSA) is 94.6 Å². The van der Waals surface area contributed by atoms with Crippen LogP contribution in [0.25, 0.3) is 22.6 Å². The average Bonchev–Trinajstić information content (AvgIpc) is 3.56. The highest BCUT2D eigenvalue weighted by atomic mass is 19.1. The van der Waals surface area contributed by atoms with Crippen molar-refractivity contribution in [1.82, 2.24) is 29.3 Å². The Bertz CT molecular complexity index is 1560. The molecule has 6 rings (SSSR count). The molecule has 0 radical (unpaired) electrons. The van der Waals surface area contributed by atoms with Crippen LogP contribution < -0.4 is 0 Å². The molecule has 0 bridgehead atoms. The molecule has 2 fully saturated rings. The fourth-order valence-corrected chi connectivity index (χ4v) is 5.27. The number of esters is 1. The number of benzene rings is 1.